The minimum atomic E-state index is -4.06. The van der Waals surface area contributed by atoms with Gasteiger partial charge >= 0.3 is 0 Å². The van der Waals surface area contributed by atoms with E-state index in [4.69, 9.17) is 4.52 Å². The Morgan fingerprint density at radius 3 is 2.28 bits per heavy atom. The van der Waals surface area contributed by atoms with E-state index in [1.807, 2.05) is 6.92 Å². The Morgan fingerprint density at radius 2 is 1.68 bits per heavy atom. The second kappa shape index (κ2) is 6.64. The van der Waals surface area contributed by atoms with Crippen LogP contribution < -0.4 is 4.72 Å². The maximum Gasteiger partial charge on any atom is 0.300 e. The summed E-state index contributed by atoms with van der Waals surface area (Å²) in [6.07, 6.45) is -3.01. The first-order chi connectivity index (χ1) is 11.9. The summed E-state index contributed by atoms with van der Waals surface area (Å²) in [5.41, 5.74) is 1.08. The van der Waals surface area contributed by atoms with Crippen molar-refractivity contribution >= 4 is 15.7 Å². The zero-order chi connectivity index (χ0) is 18.0. The molecule has 0 aliphatic carbocycles. The topological polar surface area (TPSA) is 72.2 Å². The normalized spacial score (nSPS) is 11.7. The quantitative estimate of drug-likeness (QED) is 0.729. The Morgan fingerprint density at radius 1 is 1.04 bits per heavy atom. The van der Waals surface area contributed by atoms with E-state index in [1.54, 1.807) is 30.3 Å². The Hall–Kier alpha value is -2.74. The van der Waals surface area contributed by atoms with E-state index in [9.17, 15) is 17.2 Å². The highest BCUT2D eigenvalue weighted by Crippen LogP contribution is 2.37. The van der Waals surface area contributed by atoms with Gasteiger partial charge in [0.05, 0.1) is 4.90 Å². The van der Waals surface area contributed by atoms with Gasteiger partial charge in [-0.3, -0.25) is 4.72 Å². The standard InChI is InChI=1S/C17H14F2N2O3S/c1-11-7-9-12(10-8-11)14-15(16(17(18)19)24-20-14)21-25(22,23)13-5-3-2-4-6-13/h2-10,17,21H,1H3. The monoisotopic (exact) mass is 364 g/mol. The van der Waals surface area contributed by atoms with Crippen LogP contribution in [-0.2, 0) is 10.0 Å². The fraction of sp³-hybridized carbons (Fsp3) is 0.118. The minimum absolute atomic E-state index is 0.00908. The predicted molar refractivity (Wildman–Crippen MR) is 88.9 cm³/mol. The second-order valence-electron chi connectivity index (χ2n) is 5.36. The van der Waals surface area contributed by atoms with Gasteiger partial charge in [-0.05, 0) is 19.1 Å². The largest absolute Gasteiger partial charge is 0.352 e. The zero-order valence-electron chi connectivity index (χ0n) is 13.1. The van der Waals surface area contributed by atoms with E-state index >= 15 is 0 Å². The maximum absolute atomic E-state index is 13.2. The summed E-state index contributed by atoms with van der Waals surface area (Å²) < 4.78 is 58.3. The lowest BCUT2D eigenvalue weighted by atomic mass is 10.1. The average molecular weight is 364 g/mol. The van der Waals surface area contributed by atoms with Crippen molar-refractivity contribution in [3.63, 3.8) is 0 Å². The van der Waals surface area contributed by atoms with Gasteiger partial charge < -0.3 is 4.52 Å². The van der Waals surface area contributed by atoms with Crippen LogP contribution in [0.5, 0.6) is 0 Å². The van der Waals surface area contributed by atoms with Crippen LogP contribution >= 0.6 is 0 Å². The van der Waals surface area contributed by atoms with E-state index in [0.717, 1.165) is 5.56 Å². The summed E-state index contributed by atoms with van der Waals surface area (Å²) in [5.74, 6) is -0.824. The number of aryl methyl sites for hydroxylation is 1. The van der Waals surface area contributed by atoms with Crippen LogP contribution in [0.3, 0.4) is 0 Å². The van der Waals surface area contributed by atoms with Crippen LogP contribution in [-0.4, -0.2) is 13.6 Å². The Bertz CT molecular complexity index is 969. The van der Waals surface area contributed by atoms with Gasteiger partial charge in [0.25, 0.3) is 16.4 Å². The van der Waals surface area contributed by atoms with Crippen LogP contribution in [0.15, 0.2) is 64.0 Å². The molecular weight excluding hydrogens is 350 g/mol. The first-order valence-electron chi connectivity index (χ1n) is 7.31. The number of aromatic nitrogens is 1. The van der Waals surface area contributed by atoms with Gasteiger partial charge in [-0.2, -0.15) is 0 Å². The number of sulfonamides is 1. The number of hydrogen-bond donors (Lipinski definition) is 1. The summed E-state index contributed by atoms with van der Waals surface area (Å²) in [4.78, 5) is -0.0497. The van der Waals surface area contributed by atoms with Gasteiger partial charge in [0.15, 0.2) is 0 Å². The fourth-order valence-electron chi connectivity index (χ4n) is 2.25. The molecule has 0 unspecified atom stereocenters. The van der Waals surface area contributed by atoms with E-state index in [0.29, 0.717) is 5.56 Å². The Balaban J connectivity index is 2.08. The number of hydrogen-bond acceptors (Lipinski definition) is 4. The SMILES string of the molecule is Cc1ccc(-c2noc(C(F)F)c2NS(=O)(=O)c2ccccc2)cc1. The summed E-state index contributed by atoms with van der Waals surface area (Å²) >= 11 is 0. The van der Waals surface area contributed by atoms with Gasteiger partial charge in [0, 0.05) is 5.56 Å². The number of nitrogens with zero attached hydrogens (tertiary/aromatic N) is 1. The molecule has 2 aromatic carbocycles. The molecule has 1 N–H and O–H groups in total. The molecule has 0 saturated heterocycles. The molecule has 1 heterocycles. The number of nitrogens with one attached hydrogen (secondary N) is 1. The molecule has 0 aliphatic rings. The summed E-state index contributed by atoms with van der Waals surface area (Å²) in [6, 6.07) is 14.3. The molecule has 8 heteroatoms. The third kappa shape index (κ3) is 3.53. The Labute approximate surface area is 143 Å². The van der Waals surface area contributed by atoms with Crippen LogP contribution in [0.1, 0.15) is 17.7 Å². The van der Waals surface area contributed by atoms with E-state index < -0.39 is 22.2 Å². The highest BCUT2D eigenvalue weighted by molar-refractivity contribution is 7.92. The van der Waals surface area contributed by atoms with Crippen molar-refractivity contribution in [1.82, 2.24) is 5.16 Å². The second-order valence-corrected chi connectivity index (χ2v) is 7.04. The molecule has 25 heavy (non-hydrogen) atoms. The average Bonchev–Trinajstić information content (AvgIpc) is 2.99. The third-order valence-corrected chi connectivity index (χ3v) is 4.90. The number of benzene rings is 2. The molecule has 0 radical (unpaired) electrons. The molecule has 0 spiro atoms. The third-order valence-electron chi connectivity index (χ3n) is 3.53. The lowest BCUT2D eigenvalue weighted by Gasteiger charge is -2.09. The molecule has 0 fully saturated rings. The lowest BCUT2D eigenvalue weighted by molar-refractivity contribution is 0.113. The molecule has 3 aromatic rings. The predicted octanol–water partition coefficient (Wildman–Crippen LogP) is 4.39. The zero-order valence-corrected chi connectivity index (χ0v) is 13.9. The van der Waals surface area contributed by atoms with Crippen molar-refractivity contribution in [3.05, 3.63) is 65.9 Å². The van der Waals surface area contributed by atoms with Gasteiger partial charge in [-0.1, -0.05) is 53.2 Å². The van der Waals surface area contributed by atoms with Gasteiger partial charge in [0.1, 0.15) is 11.4 Å². The van der Waals surface area contributed by atoms with Crippen molar-refractivity contribution in [2.24, 2.45) is 0 Å². The van der Waals surface area contributed by atoms with Crippen molar-refractivity contribution < 1.29 is 21.7 Å². The first kappa shape index (κ1) is 17.1. The minimum Gasteiger partial charge on any atom is -0.352 e. The van der Waals surface area contributed by atoms with Crippen LogP contribution in [0, 0.1) is 6.92 Å². The number of anilines is 1. The molecule has 3 rings (SSSR count). The van der Waals surface area contributed by atoms with Crippen molar-refractivity contribution in [2.45, 2.75) is 18.2 Å². The summed E-state index contributed by atoms with van der Waals surface area (Å²) in [6.45, 7) is 1.87. The van der Waals surface area contributed by atoms with Crippen LogP contribution in [0.4, 0.5) is 14.5 Å². The molecule has 1 aromatic heterocycles. The van der Waals surface area contributed by atoms with Crippen LogP contribution in [0.25, 0.3) is 11.3 Å². The molecule has 5 nitrogen and oxygen atoms in total. The van der Waals surface area contributed by atoms with E-state index in [2.05, 4.69) is 9.88 Å². The maximum atomic E-state index is 13.2. The Kier molecular flexibility index (Phi) is 4.54. The first-order valence-corrected chi connectivity index (χ1v) is 8.79. The molecular formula is C17H14F2N2O3S. The summed E-state index contributed by atoms with van der Waals surface area (Å²) in [7, 11) is -4.06. The molecule has 0 bridgehead atoms. The van der Waals surface area contributed by atoms with Crippen LogP contribution in [0.2, 0.25) is 0 Å². The van der Waals surface area contributed by atoms with E-state index in [-0.39, 0.29) is 16.3 Å². The molecule has 0 aliphatic heterocycles. The lowest BCUT2D eigenvalue weighted by Crippen LogP contribution is -2.14. The van der Waals surface area contributed by atoms with Crippen molar-refractivity contribution in [2.75, 3.05) is 4.72 Å². The molecule has 0 amide bonds. The highest BCUT2D eigenvalue weighted by Gasteiger charge is 2.28. The number of halogens is 2. The number of alkyl halides is 2. The smallest absolute Gasteiger partial charge is 0.300 e. The van der Waals surface area contributed by atoms with Crippen molar-refractivity contribution in [1.29, 1.82) is 0 Å². The highest BCUT2D eigenvalue weighted by atomic mass is 32.2. The molecule has 0 saturated carbocycles. The van der Waals surface area contributed by atoms with Crippen molar-refractivity contribution in [3.8, 4) is 11.3 Å². The van der Waals surface area contributed by atoms with Gasteiger partial charge in [0.2, 0.25) is 5.76 Å². The van der Waals surface area contributed by atoms with E-state index in [1.165, 1.54) is 24.3 Å². The number of rotatable bonds is 5. The molecule has 0 atom stereocenters. The van der Waals surface area contributed by atoms with Gasteiger partial charge in [-0.25, -0.2) is 17.2 Å². The fourth-order valence-corrected chi connectivity index (χ4v) is 3.35. The van der Waals surface area contributed by atoms with Gasteiger partial charge in [-0.15, -0.1) is 0 Å². The molecule has 130 valence electrons. The summed E-state index contributed by atoms with van der Waals surface area (Å²) in [5, 5.41) is 3.63.